The molecular formula is C15H23NO2. The summed E-state index contributed by atoms with van der Waals surface area (Å²) in [7, 11) is 1.67. The Morgan fingerprint density at radius 3 is 2.39 bits per heavy atom. The van der Waals surface area contributed by atoms with E-state index in [0.717, 1.165) is 30.7 Å². The molecule has 1 aliphatic rings. The van der Waals surface area contributed by atoms with Gasteiger partial charge in [-0.15, -0.1) is 0 Å². The molecule has 0 bridgehead atoms. The first-order valence-corrected chi connectivity index (χ1v) is 6.88. The van der Waals surface area contributed by atoms with Crippen LogP contribution in [0.25, 0.3) is 0 Å². The Morgan fingerprint density at radius 2 is 1.72 bits per heavy atom. The summed E-state index contributed by atoms with van der Waals surface area (Å²) in [5, 5.41) is 13.6. The Labute approximate surface area is 109 Å². The molecule has 0 spiro atoms. The highest BCUT2D eigenvalue weighted by atomic mass is 16.5. The molecule has 2 N–H and O–H groups in total. The number of ether oxygens (including phenoxy) is 1. The summed E-state index contributed by atoms with van der Waals surface area (Å²) in [5.74, 6) is 0.860. The van der Waals surface area contributed by atoms with Gasteiger partial charge in [-0.2, -0.15) is 0 Å². The van der Waals surface area contributed by atoms with E-state index in [-0.39, 0.29) is 12.1 Å². The summed E-state index contributed by atoms with van der Waals surface area (Å²) in [5.41, 5.74) is 1.06. The second-order valence-corrected chi connectivity index (χ2v) is 5.04. The number of hydrogen-bond donors (Lipinski definition) is 2. The first kappa shape index (κ1) is 13.2. The van der Waals surface area contributed by atoms with Crippen molar-refractivity contribution in [1.82, 2.24) is 0 Å². The molecule has 100 valence electrons. The zero-order chi connectivity index (χ0) is 12.8. The Bertz CT molecular complexity index is 350. The SMILES string of the molecule is COc1ccc(N[C@H]2CCCCCC[C@@H]2O)cc1. The van der Waals surface area contributed by atoms with Gasteiger partial charge >= 0.3 is 0 Å². The van der Waals surface area contributed by atoms with Crippen LogP contribution in [0, 0.1) is 0 Å². The van der Waals surface area contributed by atoms with Crippen molar-refractivity contribution in [3.05, 3.63) is 24.3 Å². The minimum atomic E-state index is -0.229. The standard InChI is InChI=1S/C15H23NO2/c1-18-13-10-8-12(9-11-13)16-14-6-4-2-3-5-7-15(14)17/h8-11,14-17H,2-7H2,1H3/t14-,15-/m0/s1. The quantitative estimate of drug-likeness (QED) is 0.864. The third kappa shape index (κ3) is 3.64. The minimum absolute atomic E-state index is 0.179. The maximum atomic E-state index is 10.1. The van der Waals surface area contributed by atoms with Gasteiger partial charge in [0, 0.05) is 5.69 Å². The number of aliphatic hydroxyl groups is 1. The van der Waals surface area contributed by atoms with Gasteiger partial charge in [0.2, 0.25) is 0 Å². The van der Waals surface area contributed by atoms with Crippen molar-refractivity contribution in [1.29, 1.82) is 0 Å². The van der Waals surface area contributed by atoms with Crippen LogP contribution in [0.2, 0.25) is 0 Å². The lowest BCUT2D eigenvalue weighted by Gasteiger charge is -2.27. The monoisotopic (exact) mass is 249 g/mol. The van der Waals surface area contributed by atoms with Crippen LogP contribution in [0.15, 0.2) is 24.3 Å². The molecule has 1 saturated carbocycles. The normalized spacial score (nSPS) is 25.0. The summed E-state index contributed by atoms with van der Waals surface area (Å²) in [6.07, 6.45) is 6.61. The Kier molecular flexibility index (Phi) is 4.88. The van der Waals surface area contributed by atoms with Crippen molar-refractivity contribution in [3.63, 3.8) is 0 Å². The van der Waals surface area contributed by atoms with E-state index in [9.17, 15) is 5.11 Å². The van der Waals surface area contributed by atoms with Gasteiger partial charge < -0.3 is 15.2 Å². The van der Waals surface area contributed by atoms with E-state index >= 15 is 0 Å². The fraction of sp³-hybridized carbons (Fsp3) is 0.600. The number of aliphatic hydroxyl groups excluding tert-OH is 1. The summed E-state index contributed by atoms with van der Waals surface area (Å²) in [6.45, 7) is 0. The lowest BCUT2D eigenvalue weighted by molar-refractivity contribution is 0.128. The highest BCUT2D eigenvalue weighted by molar-refractivity contribution is 5.47. The van der Waals surface area contributed by atoms with Gasteiger partial charge in [-0.1, -0.05) is 25.7 Å². The van der Waals surface area contributed by atoms with Crippen molar-refractivity contribution >= 4 is 5.69 Å². The smallest absolute Gasteiger partial charge is 0.119 e. The molecule has 1 aromatic rings. The van der Waals surface area contributed by atoms with E-state index in [2.05, 4.69) is 5.32 Å². The third-order valence-corrected chi connectivity index (χ3v) is 3.67. The van der Waals surface area contributed by atoms with Gasteiger partial charge in [-0.25, -0.2) is 0 Å². The second-order valence-electron chi connectivity index (χ2n) is 5.04. The Hall–Kier alpha value is -1.22. The van der Waals surface area contributed by atoms with Crippen LogP contribution >= 0.6 is 0 Å². The number of anilines is 1. The molecule has 0 aromatic heterocycles. The fourth-order valence-electron chi connectivity index (χ4n) is 2.53. The van der Waals surface area contributed by atoms with Gasteiger partial charge in [0.25, 0.3) is 0 Å². The Morgan fingerprint density at radius 1 is 1.06 bits per heavy atom. The molecule has 0 amide bonds. The molecular weight excluding hydrogens is 226 g/mol. The van der Waals surface area contributed by atoms with Crippen molar-refractivity contribution in [2.75, 3.05) is 12.4 Å². The van der Waals surface area contributed by atoms with Crippen LogP contribution in [0.3, 0.4) is 0 Å². The maximum absolute atomic E-state index is 10.1. The molecule has 3 heteroatoms. The summed E-state index contributed by atoms with van der Waals surface area (Å²) >= 11 is 0. The third-order valence-electron chi connectivity index (χ3n) is 3.67. The highest BCUT2D eigenvalue weighted by Gasteiger charge is 2.20. The van der Waals surface area contributed by atoms with E-state index in [1.54, 1.807) is 7.11 Å². The summed E-state index contributed by atoms with van der Waals surface area (Å²) in [4.78, 5) is 0. The summed E-state index contributed by atoms with van der Waals surface area (Å²) in [6, 6.07) is 8.07. The highest BCUT2D eigenvalue weighted by Crippen LogP contribution is 2.22. The molecule has 18 heavy (non-hydrogen) atoms. The first-order chi connectivity index (χ1) is 8.79. The number of hydrogen-bond acceptors (Lipinski definition) is 3. The lowest BCUT2D eigenvalue weighted by Crippen LogP contribution is -2.34. The maximum Gasteiger partial charge on any atom is 0.119 e. The Balaban J connectivity index is 1.96. The van der Waals surface area contributed by atoms with E-state index in [4.69, 9.17) is 4.74 Å². The number of benzene rings is 1. The van der Waals surface area contributed by atoms with E-state index in [1.165, 1.54) is 19.3 Å². The average molecular weight is 249 g/mol. The molecule has 0 unspecified atom stereocenters. The van der Waals surface area contributed by atoms with Gasteiger partial charge in [0.1, 0.15) is 5.75 Å². The van der Waals surface area contributed by atoms with Crippen LogP contribution in [0.4, 0.5) is 5.69 Å². The predicted molar refractivity (Wildman–Crippen MR) is 74.1 cm³/mol. The zero-order valence-corrected chi connectivity index (χ0v) is 11.1. The van der Waals surface area contributed by atoms with E-state index < -0.39 is 0 Å². The number of rotatable bonds is 3. The minimum Gasteiger partial charge on any atom is -0.497 e. The van der Waals surface area contributed by atoms with Crippen molar-refractivity contribution < 1.29 is 9.84 Å². The van der Waals surface area contributed by atoms with Crippen LogP contribution in [0.5, 0.6) is 5.75 Å². The molecule has 1 aromatic carbocycles. The molecule has 2 atom stereocenters. The van der Waals surface area contributed by atoms with Crippen LogP contribution in [-0.4, -0.2) is 24.4 Å². The number of methoxy groups -OCH3 is 1. The van der Waals surface area contributed by atoms with Crippen molar-refractivity contribution in [2.45, 2.75) is 50.7 Å². The van der Waals surface area contributed by atoms with Crippen LogP contribution in [-0.2, 0) is 0 Å². The molecule has 2 rings (SSSR count). The van der Waals surface area contributed by atoms with Crippen molar-refractivity contribution in [3.8, 4) is 5.75 Å². The van der Waals surface area contributed by atoms with E-state index in [1.807, 2.05) is 24.3 Å². The first-order valence-electron chi connectivity index (χ1n) is 6.88. The molecule has 1 aliphatic carbocycles. The molecule has 0 aliphatic heterocycles. The van der Waals surface area contributed by atoms with E-state index in [0.29, 0.717) is 0 Å². The average Bonchev–Trinajstić information content (AvgIpc) is 2.39. The van der Waals surface area contributed by atoms with Crippen LogP contribution < -0.4 is 10.1 Å². The molecule has 0 radical (unpaired) electrons. The second kappa shape index (κ2) is 6.64. The molecule has 0 heterocycles. The molecule has 3 nitrogen and oxygen atoms in total. The van der Waals surface area contributed by atoms with Crippen LogP contribution in [0.1, 0.15) is 38.5 Å². The predicted octanol–water partition coefficient (Wildman–Crippen LogP) is 3.19. The van der Waals surface area contributed by atoms with Gasteiger partial charge in [-0.05, 0) is 37.1 Å². The van der Waals surface area contributed by atoms with Gasteiger partial charge in [0.15, 0.2) is 0 Å². The largest absolute Gasteiger partial charge is 0.497 e. The number of nitrogens with one attached hydrogen (secondary N) is 1. The van der Waals surface area contributed by atoms with Gasteiger partial charge in [0.05, 0.1) is 19.3 Å². The van der Waals surface area contributed by atoms with Gasteiger partial charge in [-0.3, -0.25) is 0 Å². The fourth-order valence-corrected chi connectivity index (χ4v) is 2.53. The lowest BCUT2D eigenvalue weighted by atomic mass is 9.94. The topological polar surface area (TPSA) is 41.5 Å². The molecule has 0 saturated heterocycles. The summed E-state index contributed by atoms with van der Waals surface area (Å²) < 4.78 is 5.14. The molecule has 1 fully saturated rings. The van der Waals surface area contributed by atoms with Crippen molar-refractivity contribution in [2.24, 2.45) is 0 Å². The zero-order valence-electron chi connectivity index (χ0n) is 11.1.